The minimum absolute atomic E-state index is 0.0667. The van der Waals surface area contributed by atoms with E-state index in [9.17, 15) is 14.7 Å². The summed E-state index contributed by atoms with van der Waals surface area (Å²) in [6.45, 7) is 5.29. The minimum Gasteiger partial charge on any atom is -0.481 e. The molecule has 0 aromatic heterocycles. The lowest BCUT2D eigenvalue weighted by Gasteiger charge is -2.11. The summed E-state index contributed by atoms with van der Waals surface area (Å²) in [7, 11) is 0. The Morgan fingerprint density at radius 3 is 1.53 bits per heavy atom. The first-order chi connectivity index (χ1) is 16.5. The van der Waals surface area contributed by atoms with E-state index in [-0.39, 0.29) is 12.3 Å². The normalized spacial score (nSPS) is 11.9. The largest absolute Gasteiger partial charge is 0.481 e. The fourth-order valence-electron chi connectivity index (χ4n) is 3.92. The van der Waals surface area contributed by atoms with Gasteiger partial charge in [-0.2, -0.15) is 0 Å². The van der Waals surface area contributed by atoms with Crippen molar-refractivity contribution in [1.82, 2.24) is 0 Å². The Labute approximate surface area is 211 Å². The average molecular weight is 484 g/mol. The van der Waals surface area contributed by atoms with E-state index in [4.69, 9.17) is 10.8 Å². The van der Waals surface area contributed by atoms with Crippen molar-refractivity contribution in [2.75, 3.05) is 6.54 Å². The van der Waals surface area contributed by atoms with Crippen molar-refractivity contribution >= 4 is 11.9 Å². The van der Waals surface area contributed by atoms with E-state index in [0.29, 0.717) is 19.3 Å². The van der Waals surface area contributed by atoms with E-state index in [0.717, 1.165) is 19.4 Å². The highest BCUT2D eigenvalue weighted by atomic mass is 16.4. The first-order valence-corrected chi connectivity index (χ1v) is 14.3. The van der Waals surface area contributed by atoms with Gasteiger partial charge in [0.05, 0.1) is 5.92 Å². The number of unbranched alkanes of at least 4 members (excludes halogenated alkanes) is 14. The second kappa shape index (κ2) is 29.7. The zero-order chi connectivity index (χ0) is 25.7. The van der Waals surface area contributed by atoms with E-state index >= 15 is 0 Å². The van der Waals surface area contributed by atoms with Crippen LogP contribution in [0.25, 0.3) is 0 Å². The molecule has 34 heavy (non-hydrogen) atoms. The minimum atomic E-state index is -0.846. The van der Waals surface area contributed by atoms with Gasteiger partial charge in [0.2, 0.25) is 0 Å². The summed E-state index contributed by atoms with van der Waals surface area (Å²) in [6.07, 6.45) is 27.6. The second-order valence-electron chi connectivity index (χ2n) is 9.54. The Bertz CT molecular complexity index is 461. The average Bonchev–Trinajstić information content (AvgIpc) is 2.81. The van der Waals surface area contributed by atoms with Crippen LogP contribution in [0.15, 0.2) is 12.2 Å². The van der Waals surface area contributed by atoms with Gasteiger partial charge in [0, 0.05) is 6.42 Å². The van der Waals surface area contributed by atoms with Crippen LogP contribution in [0.5, 0.6) is 0 Å². The molecule has 1 atom stereocenters. The summed E-state index contributed by atoms with van der Waals surface area (Å²) < 4.78 is 0. The number of hydrogen-bond acceptors (Lipinski definition) is 3. The van der Waals surface area contributed by atoms with Crippen LogP contribution in [0.2, 0.25) is 0 Å². The van der Waals surface area contributed by atoms with Crippen LogP contribution < -0.4 is 5.73 Å². The highest BCUT2D eigenvalue weighted by Crippen LogP contribution is 2.18. The Kier molecular flexibility index (Phi) is 30.4. The number of nitrogens with two attached hydrogens (primary N) is 1. The lowest BCUT2D eigenvalue weighted by atomic mass is 9.95. The quantitative estimate of drug-likeness (QED) is 0.0943. The molecule has 0 rings (SSSR count). The zero-order valence-electron chi connectivity index (χ0n) is 22.6. The van der Waals surface area contributed by atoms with Crippen molar-refractivity contribution in [3.8, 4) is 0 Å². The molecule has 4 N–H and O–H groups in total. The van der Waals surface area contributed by atoms with Crippen LogP contribution in [0.4, 0.5) is 0 Å². The summed E-state index contributed by atoms with van der Waals surface area (Å²) >= 11 is 0. The van der Waals surface area contributed by atoms with E-state index in [1.54, 1.807) is 0 Å². The van der Waals surface area contributed by atoms with E-state index in [1.165, 1.54) is 96.3 Å². The molecule has 0 aliphatic rings. The number of carboxylic acids is 2. The van der Waals surface area contributed by atoms with Gasteiger partial charge in [-0.05, 0) is 57.9 Å². The Morgan fingerprint density at radius 1 is 0.647 bits per heavy atom. The molecule has 0 heterocycles. The fourth-order valence-corrected chi connectivity index (χ4v) is 3.92. The predicted octanol–water partition coefficient (Wildman–Crippen LogP) is 8.51. The Hall–Kier alpha value is -1.36. The molecule has 0 spiro atoms. The highest BCUT2D eigenvalue weighted by Gasteiger charge is 2.16. The van der Waals surface area contributed by atoms with Crippen molar-refractivity contribution in [3.05, 3.63) is 12.2 Å². The predicted molar refractivity (Wildman–Crippen MR) is 145 cm³/mol. The van der Waals surface area contributed by atoms with Crippen molar-refractivity contribution < 1.29 is 19.8 Å². The third kappa shape index (κ3) is 30.6. The molecular weight excluding hydrogens is 426 g/mol. The summed E-state index contributed by atoms with van der Waals surface area (Å²) in [4.78, 5) is 21.7. The van der Waals surface area contributed by atoms with E-state index < -0.39 is 11.9 Å². The molecule has 202 valence electrons. The molecule has 5 heteroatoms. The molecule has 0 aliphatic carbocycles. The molecule has 0 amide bonds. The second-order valence-corrected chi connectivity index (χ2v) is 9.54. The lowest BCUT2D eigenvalue weighted by Crippen LogP contribution is -2.14. The van der Waals surface area contributed by atoms with Gasteiger partial charge in [-0.25, -0.2) is 0 Å². The zero-order valence-corrected chi connectivity index (χ0v) is 22.6. The number of hydrogen-bond donors (Lipinski definition) is 3. The summed E-state index contributed by atoms with van der Waals surface area (Å²) in [5, 5.41) is 17.8. The first kappa shape index (κ1) is 34.8. The molecule has 5 nitrogen and oxygen atoms in total. The molecule has 0 bridgehead atoms. The molecule has 0 radical (unpaired) electrons. The van der Waals surface area contributed by atoms with Gasteiger partial charge < -0.3 is 15.9 Å². The Morgan fingerprint density at radius 2 is 1.09 bits per heavy atom. The van der Waals surface area contributed by atoms with Crippen LogP contribution in [0.1, 0.15) is 149 Å². The van der Waals surface area contributed by atoms with Crippen molar-refractivity contribution in [1.29, 1.82) is 0 Å². The molecule has 0 saturated heterocycles. The highest BCUT2D eigenvalue weighted by molar-refractivity contribution is 5.70. The number of carbonyl (C=O) groups is 2. The van der Waals surface area contributed by atoms with Crippen LogP contribution >= 0.6 is 0 Å². The maximum Gasteiger partial charge on any atom is 0.306 e. The molecule has 0 aromatic carbocycles. The fraction of sp³-hybridized carbons (Fsp3) is 0.862. The monoisotopic (exact) mass is 483 g/mol. The van der Waals surface area contributed by atoms with Crippen molar-refractivity contribution in [2.24, 2.45) is 11.7 Å². The van der Waals surface area contributed by atoms with Crippen molar-refractivity contribution in [2.45, 2.75) is 149 Å². The number of rotatable bonds is 24. The topological polar surface area (TPSA) is 101 Å². The van der Waals surface area contributed by atoms with Crippen molar-refractivity contribution in [3.63, 3.8) is 0 Å². The molecule has 1 unspecified atom stereocenters. The van der Waals surface area contributed by atoms with Gasteiger partial charge in [-0.15, -0.1) is 0 Å². The smallest absolute Gasteiger partial charge is 0.306 e. The molecule has 0 aliphatic heterocycles. The Balaban J connectivity index is 0. The first-order valence-electron chi connectivity index (χ1n) is 14.3. The lowest BCUT2D eigenvalue weighted by molar-refractivity contribution is -0.143. The number of allylic oxidation sites excluding steroid dienone is 2. The molecule has 0 fully saturated rings. The van der Waals surface area contributed by atoms with Gasteiger partial charge in [0.1, 0.15) is 0 Å². The molecule has 0 aromatic rings. The standard InChI is InChI=1S/C24H44O4.C5H13N/c1-2-3-4-5-6-7-8-9-10-11-12-13-14-15-16-17-19-22(24(27)28)20-18-21-23(25)26;1-2-3-4-5-6/h9-10,22H,2-8,11-21H2,1H3,(H,25,26)(H,27,28);2-6H2,1H3/b10-9-;. The van der Waals surface area contributed by atoms with Gasteiger partial charge in [0.15, 0.2) is 0 Å². The third-order valence-corrected chi connectivity index (χ3v) is 6.16. The van der Waals surface area contributed by atoms with Crippen LogP contribution in [-0.2, 0) is 9.59 Å². The van der Waals surface area contributed by atoms with Crippen LogP contribution in [-0.4, -0.2) is 28.7 Å². The number of aliphatic carboxylic acids is 2. The SMILES string of the molecule is CCCCCCCC/C=C\CCCCCCCCC(CCCC(=O)O)C(=O)O.CCCCCN. The maximum atomic E-state index is 11.2. The van der Waals surface area contributed by atoms with Gasteiger partial charge in [0.25, 0.3) is 0 Å². The van der Waals surface area contributed by atoms with Gasteiger partial charge >= 0.3 is 11.9 Å². The maximum absolute atomic E-state index is 11.2. The van der Waals surface area contributed by atoms with Gasteiger partial charge in [-0.1, -0.05) is 103 Å². The number of carboxylic acid groups (broad SMARTS) is 2. The van der Waals surface area contributed by atoms with E-state index in [1.807, 2.05) is 0 Å². The molecule has 0 saturated carbocycles. The van der Waals surface area contributed by atoms with Gasteiger partial charge in [-0.3, -0.25) is 9.59 Å². The third-order valence-electron chi connectivity index (χ3n) is 6.16. The summed E-state index contributed by atoms with van der Waals surface area (Å²) in [5.41, 5.74) is 5.21. The summed E-state index contributed by atoms with van der Waals surface area (Å²) in [6, 6.07) is 0. The summed E-state index contributed by atoms with van der Waals surface area (Å²) in [5.74, 6) is -2.00. The molecular formula is C29H57NO4. The van der Waals surface area contributed by atoms with E-state index in [2.05, 4.69) is 26.0 Å². The van der Waals surface area contributed by atoms with Crippen LogP contribution in [0, 0.1) is 5.92 Å². The van der Waals surface area contributed by atoms with Crippen LogP contribution in [0.3, 0.4) is 0 Å².